The maximum Gasteiger partial charge on any atom is 0.140 e. The van der Waals surface area contributed by atoms with Crippen LogP contribution in [0.15, 0.2) is 36.5 Å². The number of hydrogen-bond acceptors (Lipinski definition) is 3. The molecule has 3 aliphatic carbocycles. The van der Waals surface area contributed by atoms with Crippen molar-refractivity contribution in [2.45, 2.75) is 56.9 Å². The van der Waals surface area contributed by atoms with Gasteiger partial charge in [-0.1, -0.05) is 44.2 Å². The van der Waals surface area contributed by atoms with Crippen molar-refractivity contribution < 1.29 is 4.74 Å². The molecule has 2 N–H and O–H groups in total. The van der Waals surface area contributed by atoms with E-state index in [9.17, 15) is 0 Å². The van der Waals surface area contributed by atoms with Crippen LogP contribution in [0.25, 0.3) is 0 Å². The zero-order valence-corrected chi connectivity index (χ0v) is 16.4. The first-order chi connectivity index (χ1) is 11.4. The van der Waals surface area contributed by atoms with Crippen LogP contribution in [0.5, 0.6) is 0 Å². The van der Waals surface area contributed by atoms with Crippen LogP contribution < -0.4 is 5.73 Å². The molecule has 3 fully saturated rings. The van der Waals surface area contributed by atoms with E-state index in [0.29, 0.717) is 12.5 Å². The largest absolute Gasteiger partial charge is 0.365 e. The van der Waals surface area contributed by atoms with Gasteiger partial charge >= 0.3 is 0 Å². The number of nitrogens with two attached hydrogens (primary N) is 1. The summed E-state index contributed by atoms with van der Waals surface area (Å²) >= 11 is 2.31. The SMILES string of the molecule is CC(C)C(OCc1ccccc1)c1nc(I)cn1C12CC(N)(C1)C2. The highest BCUT2D eigenvalue weighted by Crippen LogP contribution is 2.64. The van der Waals surface area contributed by atoms with Gasteiger partial charge in [0.1, 0.15) is 15.6 Å². The molecule has 128 valence electrons. The van der Waals surface area contributed by atoms with Crippen LogP contribution in [0.2, 0.25) is 0 Å². The van der Waals surface area contributed by atoms with Crippen molar-refractivity contribution >= 4 is 22.6 Å². The van der Waals surface area contributed by atoms with Crippen molar-refractivity contribution in [3.05, 3.63) is 51.6 Å². The summed E-state index contributed by atoms with van der Waals surface area (Å²) in [6, 6.07) is 10.3. The van der Waals surface area contributed by atoms with Crippen LogP contribution >= 0.6 is 22.6 Å². The molecular formula is C19H24IN3O. The van der Waals surface area contributed by atoms with Gasteiger partial charge in [-0.05, 0) is 53.3 Å². The van der Waals surface area contributed by atoms with Crippen LogP contribution in [0, 0.1) is 9.62 Å². The Hall–Kier alpha value is -0.920. The Bertz CT molecular complexity index is 721. The predicted molar refractivity (Wildman–Crippen MR) is 102 cm³/mol. The van der Waals surface area contributed by atoms with Gasteiger partial charge in [0.05, 0.1) is 12.1 Å². The summed E-state index contributed by atoms with van der Waals surface area (Å²) in [5.74, 6) is 1.43. The fraction of sp³-hybridized carbons (Fsp3) is 0.526. The topological polar surface area (TPSA) is 53.1 Å². The third-order valence-electron chi connectivity index (χ3n) is 5.39. The summed E-state index contributed by atoms with van der Waals surface area (Å²) in [7, 11) is 0. The smallest absolute Gasteiger partial charge is 0.140 e. The van der Waals surface area contributed by atoms with Crippen LogP contribution in [0.4, 0.5) is 0 Å². The second-order valence-electron chi connectivity index (χ2n) is 7.87. The summed E-state index contributed by atoms with van der Waals surface area (Å²) in [5.41, 5.74) is 7.75. The Balaban J connectivity index is 1.58. The van der Waals surface area contributed by atoms with E-state index in [-0.39, 0.29) is 17.2 Å². The van der Waals surface area contributed by atoms with E-state index in [0.717, 1.165) is 28.8 Å². The van der Waals surface area contributed by atoms with Gasteiger partial charge in [-0.15, -0.1) is 0 Å². The van der Waals surface area contributed by atoms with Gasteiger partial charge < -0.3 is 15.0 Å². The van der Waals surface area contributed by atoms with Crippen molar-refractivity contribution in [3.63, 3.8) is 0 Å². The Kier molecular flexibility index (Phi) is 4.01. The third-order valence-corrected chi connectivity index (χ3v) is 5.91. The maximum atomic E-state index is 6.32. The molecule has 0 radical (unpaired) electrons. The van der Waals surface area contributed by atoms with Crippen molar-refractivity contribution in [1.29, 1.82) is 0 Å². The van der Waals surface area contributed by atoms with E-state index >= 15 is 0 Å². The quantitative estimate of drug-likeness (QED) is 0.696. The van der Waals surface area contributed by atoms with Gasteiger partial charge in [-0.3, -0.25) is 0 Å². The van der Waals surface area contributed by atoms with Crippen molar-refractivity contribution in [1.82, 2.24) is 9.55 Å². The maximum absolute atomic E-state index is 6.32. The summed E-state index contributed by atoms with van der Waals surface area (Å²) in [6.07, 6.45) is 5.39. The second kappa shape index (κ2) is 5.81. The monoisotopic (exact) mass is 437 g/mol. The number of nitrogens with zero attached hydrogens (tertiary/aromatic N) is 2. The van der Waals surface area contributed by atoms with E-state index in [1.165, 1.54) is 5.56 Å². The lowest BCUT2D eigenvalue weighted by molar-refractivity contribution is -0.122. The summed E-state index contributed by atoms with van der Waals surface area (Å²) < 4.78 is 9.73. The number of imidazole rings is 1. The molecule has 5 heteroatoms. The first-order valence-electron chi connectivity index (χ1n) is 8.61. The first kappa shape index (κ1) is 16.5. The zero-order chi connectivity index (χ0) is 16.9. The van der Waals surface area contributed by atoms with Crippen molar-refractivity contribution in [2.24, 2.45) is 11.7 Å². The van der Waals surface area contributed by atoms with Crippen LogP contribution in [-0.4, -0.2) is 15.1 Å². The highest BCUT2D eigenvalue weighted by atomic mass is 127. The lowest BCUT2D eigenvalue weighted by Gasteiger charge is -2.69. The Morgan fingerprint density at radius 3 is 2.50 bits per heavy atom. The van der Waals surface area contributed by atoms with Gasteiger partial charge in [0.2, 0.25) is 0 Å². The number of benzene rings is 1. The molecule has 0 spiro atoms. The van der Waals surface area contributed by atoms with Gasteiger partial charge in [0.15, 0.2) is 0 Å². The highest BCUT2D eigenvalue weighted by molar-refractivity contribution is 14.1. The number of ether oxygens (including phenoxy) is 1. The minimum Gasteiger partial charge on any atom is -0.365 e. The molecule has 3 aliphatic rings. The summed E-state index contributed by atoms with van der Waals surface area (Å²) in [4.78, 5) is 4.82. The Morgan fingerprint density at radius 1 is 1.25 bits per heavy atom. The fourth-order valence-corrected chi connectivity index (χ4v) is 4.86. The molecule has 5 rings (SSSR count). The Morgan fingerprint density at radius 2 is 1.92 bits per heavy atom. The molecule has 1 atom stereocenters. The van der Waals surface area contributed by atoms with Crippen molar-refractivity contribution in [3.8, 4) is 0 Å². The fourth-order valence-electron chi connectivity index (χ4n) is 4.34. The molecule has 0 saturated heterocycles. The van der Waals surface area contributed by atoms with Crippen LogP contribution in [0.1, 0.15) is 50.6 Å². The van der Waals surface area contributed by atoms with Crippen LogP contribution in [-0.2, 0) is 16.9 Å². The molecule has 2 bridgehead atoms. The van der Waals surface area contributed by atoms with E-state index in [1.807, 2.05) is 6.07 Å². The molecule has 1 unspecified atom stereocenters. The molecule has 24 heavy (non-hydrogen) atoms. The first-order valence-corrected chi connectivity index (χ1v) is 9.68. The number of aromatic nitrogens is 2. The molecule has 0 amide bonds. The summed E-state index contributed by atoms with van der Waals surface area (Å²) in [6.45, 7) is 5.02. The van der Waals surface area contributed by atoms with Gasteiger partial charge in [0, 0.05) is 11.7 Å². The molecule has 3 saturated carbocycles. The molecule has 1 aromatic heterocycles. The zero-order valence-electron chi connectivity index (χ0n) is 14.2. The van der Waals surface area contributed by atoms with E-state index in [4.69, 9.17) is 15.5 Å². The number of rotatable bonds is 6. The molecule has 4 nitrogen and oxygen atoms in total. The molecule has 0 aliphatic heterocycles. The third kappa shape index (κ3) is 2.70. The Labute approximate surface area is 156 Å². The second-order valence-corrected chi connectivity index (χ2v) is 8.98. The van der Waals surface area contributed by atoms with E-state index in [2.05, 4.69) is 71.5 Å². The normalized spacial score (nSPS) is 29.2. The lowest BCUT2D eigenvalue weighted by Crippen LogP contribution is -2.76. The highest BCUT2D eigenvalue weighted by Gasteiger charge is 2.67. The average molecular weight is 437 g/mol. The number of halogens is 1. The average Bonchev–Trinajstić information content (AvgIpc) is 2.85. The molecule has 1 heterocycles. The van der Waals surface area contributed by atoms with E-state index in [1.54, 1.807) is 0 Å². The van der Waals surface area contributed by atoms with Gasteiger partial charge in [-0.2, -0.15) is 0 Å². The van der Waals surface area contributed by atoms with E-state index < -0.39 is 0 Å². The van der Waals surface area contributed by atoms with Gasteiger partial charge in [-0.25, -0.2) is 4.98 Å². The molecule has 1 aromatic carbocycles. The van der Waals surface area contributed by atoms with Gasteiger partial charge in [0.25, 0.3) is 0 Å². The lowest BCUT2D eigenvalue weighted by atomic mass is 9.44. The minimum atomic E-state index is -0.00327. The van der Waals surface area contributed by atoms with Crippen molar-refractivity contribution in [2.75, 3.05) is 0 Å². The minimum absolute atomic E-state index is 0.00327. The predicted octanol–water partition coefficient (Wildman–Crippen LogP) is 3.99. The molecular weight excluding hydrogens is 413 g/mol. The standard InChI is InChI=1S/C19H24IN3O/c1-13(2)16(24-9-14-6-4-3-5-7-14)17-22-15(20)8-23(17)19-10-18(21,11-19)12-19/h3-8,13,16H,9-12,21H2,1-2H3. The number of hydrogen-bond donors (Lipinski definition) is 1. The molecule has 2 aromatic rings. The summed E-state index contributed by atoms with van der Waals surface area (Å²) in [5, 5.41) is 0. The van der Waals surface area contributed by atoms with Crippen LogP contribution in [0.3, 0.4) is 0 Å².